The Labute approximate surface area is 205 Å². The maximum Gasteiger partial charge on any atom is 0.397 e. The number of aliphatic hydroxyl groups is 1. The number of amides is 2. The first-order valence-electron chi connectivity index (χ1n) is 11.5. The van der Waals surface area contributed by atoms with Gasteiger partial charge < -0.3 is 20.6 Å². The maximum atomic E-state index is 13.1. The largest absolute Gasteiger partial charge is 0.397 e. The number of aryl methyl sites for hydroxylation is 1. The van der Waals surface area contributed by atoms with Gasteiger partial charge >= 0.3 is 6.18 Å². The number of nitrogens with one attached hydrogen (secondary N) is 2. The van der Waals surface area contributed by atoms with Gasteiger partial charge in [-0.15, -0.1) is 0 Å². The molecule has 4 rings (SSSR count). The van der Waals surface area contributed by atoms with Crippen LogP contribution in [0.1, 0.15) is 47.3 Å². The highest BCUT2D eigenvalue weighted by molar-refractivity contribution is 6.04. The fourth-order valence-electron chi connectivity index (χ4n) is 4.36. The van der Waals surface area contributed by atoms with Crippen molar-refractivity contribution >= 4 is 29.1 Å². The SMILES string of the molecule is CC(=O)NC1CCN(c2cc(NC(=O)c3ccc(C(CO)C(F)(F)F)cc3)nc3cc(C)nn23)CC1. The molecule has 192 valence electrons. The third-order valence-electron chi connectivity index (χ3n) is 6.15. The van der Waals surface area contributed by atoms with Gasteiger partial charge in [0.1, 0.15) is 17.6 Å². The fourth-order valence-corrected chi connectivity index (χ4v) is 4.36. The Morgan fingerprint density at radius 2 is 1.83 bits per heavy atom. The summed E-state index contributed by atoms with van der Waals surface area (Å²) >= 11 is 0. The lowest BCUT2D eigenvalue weighted by Crippen LogP contribution is -2.44. The standard InChI is InChI=1S/C24H27F3N6O3/c1-14-11-21-29-20(12-22(33(21)31-14)32-9-7-18(8-10-32)28-15(2)35)30-23(36)17-5-3-16(4-6-17)19(13-34)24(25,26)27/h3-6,11-12,18-19,34H,7-10,13H2,1-2H3,(H,28,35)(H,29,30,36). The summed E-state index contributed by atoms with van der Waals surface area (Å²) in [5, 5.41) is 19.3. The van der Waals surface area contributed by atoms with E-state index in [4.69, 9.17) is 5.11 Å². The minimum Gasteiger partial charge on any atom is -0.395 e. The van der Waals surface area contributed by atoms with Crippen LogP contribution in [0.3, 0.4) is 0 Å². The van der Waals surface area contributed by atoms with E-state index in [1.54, 1.807) is 16.6 Å². The molecule has 3 N–H and O–H groups in total. The van der Waals surface area contributed by atoms with Crippen molar-refractivity contribution in [1.82, 2.24) is 19.9 Å². The van der Waals surface area contributed by atoms with E-state index in [1.807, 2.05) is 6.92 Å². The molecule has 1 saturated heterocycles. The summed E-state index contributed by atoms with van der Waals surface area (Å²) in [4.78, 5) is 30.8. The quantitative estimate of drug-likeness (QED) is 0.476. The number of hydrogen-bond acceptors (Lipinski definition) is 6. The van der Waals surface area contributed by atoms with E-state index < -0.39 is 24.6 Å². The van der Waals surface area contributed by atoms with Gasteiger partial charge in [-0.05, 0) is 37.5 Å². The normalized spacial score (nSPS) is 15.7. The predicted octanol–water partition coefficient (Wildman–Crippen LogP) is 3.03. The first-order valence-corrected chi connectivity index (χ1v) is 11.5. The average Bonchev–Trinajstić information content (AvgIpc) is 3.18. The Kier molecular flexibility index (Phi) is 7.16. The van der Waals surface area contributed by atoms with Gasteiger partial charge in [0.05, 0.1) is 12.3 Å². The van der Waals surface area contributed by atoms with Crippen molar-refractivity contribution < 1.29 is 27.9 Å². The van der Waals surface area contributed by atoms with Crippen LogP contribution in [0.5, 0.6) is 0 Å². The van der Waals surface area contributed by atoms with Gasteiger partial charge in [-0.1, -0.05) is 12.1 Å². The third-order valence-corrected chi connectivity index (χ3v) is 6.15. The molecular formula is C24H27F3N6O3. The number of benzene rings is 1. The molecule has 0 saturated carbocycles. The highest BCUT2D eigenvalue weighted by Gasteiger charge is 2.40. The summed E-state index contributed by atoms with van der Waals surface area (Å²) in [5.74, 6) is -1.60. The molecule has 1 aromatic carbocycles. The minimum absolute atomic E-state index is 0.0641. The third kappa shape index (κ3) is 5.59. The number of carbonyl (C=O) groups excluding carboxylic acids is 2. The van der Waals surface area contributed by atoms with Crippen molar-refractivity contribution in [2.45, 2.75) is 44.8 Å². The van der Waals surface area contributed by atoms with Gasteiger partial charge in [-0.3, -0.25) is 9.59 Å². The number of piperidine rings is 1. The zero-order valence-electron chi connectivity index (χ0n) is 19.8. The minimum atomic E-state index is -4.59. The van der Waals surface area contributed by atoms with Crippen LogP contribution in [0.4, 0.5) is 24.8 Å². The van der Waals surface area contributed by atoms with E-state index in [9.17, 15) is 22.8 Å². The van der Waals surface area contributed by atoms with Gasteiger partial charge in [0.2, 0.25) is 5.91 Å². The molecule has 1 aliphatic rings. The Morgan fingerprint density at radius 3 is 2.42 bits per heavy atom. The van der Waals surface area contributed by atoms with E-state index in [2.05, 4.69) is 25.6 Å². The van der Waals surface area contributed by atoms with Crippen molar-refractivity contribution in [2.24, 2.45) is 0 Å². The maximum absolute atomic E-state index is 13.1. The number of anilines is 2. The van der Waals surface area contributed by atoms with E-state index in [0.29, 0.717) is 18.7 Å². The van der Waals surface area contributed by atoms with Crippen LogP contribution >= 0.6 is 0 Å². The lowest BCUT2D eigenvalue weighted by atomic mass is 9.98. The first kappa shape index (κ1) is 25.4. The number of carbonyl (C=O) groups is 2. The number of aliphatic hydroxyl groups excluding tert-OH is 1. The van der Waals surface area contributed by atoms with Crippen LogP contribution in [-0.4, -0.2) is 63.4 Å². The molecule has 12 heteroatoms. The van der Waals surface area contributed by atoms with Crippen LogP contribution < -0.4 is 15.5 Å². The number of aromatic nitrogens is 3. The Bertz CT molecular complexity index is 1250. The lowest BCUT2D eigenvalue weighted by Gasteiger charge is -2.33. The molecule has 2 aromatic heterocycles. The molecule has 0 radical (unpaired) electrons. The molecule has 0 aliphatic carbocycles. The van der Waals surface area contributed by atoms with Crippen LogP contribution in [0.15, 0.2) is 36.4 Å². The molecule has 3 heterocycles. The molecule has 36 heavy (non-hydrogen) atoms. The van der Waals surface area contributed by atoms with Gasteiger partial charge in [-0.25, -0.2) is 4.98 Å². The summed E-state index contributed by atoms with van der Waals surface area (Å²) in [7, 11) is 0. The number of alkyl halides is 3. The van der Waals surface area contributed by atoms with Crippen molar-refractivity contribution in [3.63, 3.8) is 0 Å². The van der Waals surface area contributed by atoms with Crippen LogP contribution in [0.25, 0.3) is 5.65 Å². The summed E-state index contributed by atoms with van der Waals surface area (Å²) in [5.41, 5.74) is 1.32. The second-order valence-electron chi connectivity index (χ2n) is 8.87. The molecule has 1 aliphatic heterocycles. The fraction of sp³-hybridized carbons (Fsp3) is 0.417. The van der Waals surface area contributed by atoms with Crippen LogP contribution in [0.2, 0.25) is 0 Å². The molecule has 0 spiro atoms. The highest BCUT2D eigenvalue weighted by atomic mass is 19.4. The van der Waals surface area contributed by atoms with E-state index in [1.165, 1.54) is 31.2 Å². The zero-order chi connectivity index (χ0) is 26.0. The topological polar surface area (TPSA) is 112 Å². The summed E-state index contributed by atoms with van der Waals surface area (Å²) in [6, 6.07) is 8.53. The molecule has 1 atom stereocenters. The monoisotopic (exact) mass is 504 g/mol. The lowest BCUT2D eigenvalue weighted by molar-refractivity contribution is -0.158. The Balaban J connectivity index is 1.54. The van der Waals surface area contributed by atoms with Crippen LogP contribution in [0, 0.1) is 6.92 Å². The molecule has 0 bridgehead atoms. The number of hydrogen-bond donors (Lipinski definition) is 3. The number of halogens is 3. The van der Waals surface area contributed by atoms with Gasteiger partial charge in [-0.2, -0.15) is 22.8 Å². The second-order valence-corrected chi connectivity index (χ2v) is 8.87. The molecule has 1 fully saturated rings. The predicted molar refractivity (Wildman–Crippen MR) is 127 cm³/mol. The van der Waals surface area contributed by atoms with Crippen molar-refractivity contribution in [3.05, 3.63) is 53.2 Å². The highest BCUT2D eigenvalue weighted by Crippen LogP contribution is 2.34. The van der Waals surface area contributed by atoms with Crippen molar-refractivity contribution in [1.29, 1.82) is 0 Å². The van der Waals surface area contributed by atoms with Crippen LogP contribution in [-0.2, 0) is 4.79 Å². The Morgan fingerprint density at radius 1 is 1.17 bits per heavy atom. The molecule has 2 amide bonds. The number of fused-ring (bicyclic) bond motifs is 1. The molecular weight excluding hydrogens is 477 g/mol. The summed E-state index contributed by atoms with van der Waals surface area (Å²) in [6.07, 6.45) is -3.08. The average molecular weight is 505 g/mol. The van der Waals surface area contributed by atoms with E-state index >= 15 is 0 Å². The molecule has 1 unspecified atom stereocenters. The second kappa shape index (κ2) is 10.1. The molecule has 9 nitrogen and oxygen atoms in total. The zero-order valence-corrected chi connectivity index (χ0v) is 19.8. The van der Waals surface area contributed by atoms with Gasteiger partial charge in [0, 0.05) is 43.8 Å². The van der Waals surface area contributed by atoms with E-state index in [-0.39, 0.29) is 28.9 Å². The number of rotatable bonds is 6. The van der Waals surface area contributed by atoms with Crippen molar-refractivity contribution in [2.75, 3.05) is 29.9 Å². The summed E-state index contributed by atoms with van der Waals surface area (Å²) in [6.45, 7) is 3.59. The summed E-state index contributed by atoms with van der Waals surface area (Å²) < 4.78 is 40.9. The van der Waals surface area contributed by atoms with Crippen molar-refractivity contribution in [3.8, 4) is 0 Å². The molecule has 3 aromatic rings. The smallest absolute Gasteiger partial charge is 0.395 e. The van der Waals surface area contributed by atoms with Gasteiger partial charge in [0.15, 0.2) is 5.65 Å². The van der Waals surface area contributed by atoms with Gasteiger partial charge in [0.25, 0.3) is 5.91 Å². The Hall–Kier alpha value is -3.67. The first-order chi connectivity index (χ1) is 17.0. The number of nitrogens with zero attached hydrogens (tertiary/aromatic N) is 4. The van der Waals surface area contributed by atoms with E-state index in [0.717, 1.165) is 24.4 Å².